The summed E-state index contributed by atoms with van der Waals surface area (Å²) in [5, 5.41) is 5.85. The maximum atomic E-state index is 11.3. The highest BCUT2D eigenvalue weighted by molar-refractivity contribution is 5.77. The smallest absolute Gasteiger partial charge is 0.233 e. The highest BCUT2D eigenvalue weighted by Crippen LogP contribution is 2.15. The highest BCUT2D eigenvalue weighted by atomic mass is 16.1. The predicted octanol–water partition coefficient (Wildman–Crippen LogP) is -0.404. The molecule has 0 radical (unpaired) electrons. The van der Waals surface area contributed by atoms with Gasteiger partial charge in [0.05, 0.1) is 6.54 Å². The first-order chi connectivity index (χ1) is 8.61. The fraction of sp³-hybridized carbons (Fsp3) is 0.923. The van der Waals surface area contributed by atoms with Crippen molar-refractivity contribution < 1.29 is 4.79 Å². The van der Waals surface area contributed by atoms with Gasteiger partial charge in [0, 0.05) is 19.6 Å². The van der Waals surface area contributed by atoms with Crippen molar-refractivity contribution in [2.75, 3.05) is 60.4 Å². The Morgan fingerprint density at radius 1 is 1.33 bits per heavy atom. The zero-order valence-electron chi connectivity index (χ0n) is 12.0. The number of piperidine rings is 1. The highest BCUT2D eigenvalue weighted by Gasteiger charge is 2.19. The second-order valence-corrected chi connectivity index (χ2v) is 5.42. The molecule has 1 saturated heterocycles. The largest absolute Gasteiger partial charge is 0.355 e. The van der Waals surface area contributed by atoms with Gasteiger partial charge in [-0.2, -0.15) is 0 Å². The Labute approximate surface area is 111 Å². The predicted molar refractivity (Wildman–Crippen MR) is 74.7 cm³/mol. The Kier molecular flexibility index (Phi) is 7.23. The van der Waals surface area contributed by atoms with Gasteiger partial charge in [0.2, 0.25) is 5.91 Å². The van der Waals surface area contributed by atoms with Gasteiger partial charge in [0.15, 0.2) is 0 Å². The lowest BCUT2D eigenvalue weighted by Gasteiger charge is -2.32. The zero-order chi connectivity index (χ0) is 13.4. The normalized spacial score (nSPS) is 18.2. The van der Waals surface area contributed by atoms with Crippen LogP contribution in [-0.4, -0.2) is 76.1 Å². The van der Waals surface area contributed by atoms with E-state index >= 15 is 0 Å². The molecule has 0 spiro atoms. The van der Waals surface area contributed by atoms with Crippen molar-refractivity contribution >= 4 is 5.91 Å². The van der Waals surface area contributed by atoms with Gasteiger partial charge in [-0.3, -0.25) is 4.79 Å². The van der Waals surface area contributed by atoms with E-state index in [2.05, 4.69) is 34.5 Å². The molecule has 0 aliphatic carbocycles. The van der Waals surface area contributed by atoms with Crippen LogP contribution in [0, 0.1) is 5.92 Å². The Morgan fingerprint density at radius 2 is 2.00 bits per heavy atom. The molecular weight excluding hydrogens is 228 g/mol. The van der Waals surface area contributed by atoms with E-state index in [0.717, 1.165) is 19.6 Å². The number of hydrogen-bond donors (Lipinski definition) is 2. The lowest BCUT2D eigenvalue weighted by Crippen LogP contribution is -2.42. The van der Waals surface area contributed by atoms with Gasteiger partial charge in [0.25, 0.3) is 0 Å². The summed E-state index contributed by atoms with van der Waals surface area (Å²) in [6.07, 6.45) is 2.40. The maximum absolute atomic E-state index is 11.3. The molecule has 0 aromatic rings. The average Bonchev–Trinajstić information content (AvgIpc) is 2.35. The monoisotopic (exact) mass is 256 g/mol. The number of nitrogens with one attached hydrogen (secondary N) is 2. The van der Waals surface area contributed by atoms with E-state index < -0.39 is 0 Å². The first-order valence-corrected chi connectivity index (χ1v) is 6.90. The molecule has 18 heavy (non-hydrogen) atoms. The summed E-state index contributed by atoms with van der Waals surface area (Å²) in [6.45, 7) is 5.87. The van der Waals surface area contributed by atoms with E-state index in [1.807, 2.05) is 0 Å². The third-order valence-electron chi connectivity index (χ3n) is 3.50. The number of likely N-dealkylation sites (N-methyl/N-ethyl adjacent to an activating group) is 2. The Balaban J connectivity index is 2.09. The molecule has 0 unspecified atom stereocenters. The standard InChI is InChI=1S/C13H28N4O/c1-14-11-13(18)15-10-12-4-6-17(7-5-12)9-8-16(2)3/h12,14H,4-11H2,1-3H3,(H,15,18). The summed E-state index contributed by atoms with van der Waals surface area (Å²) < 4.78 is 0. The van der Waals surface area contributed by atoms with Crippen molar-refractivity contribution in [3.05, 3.63) is 0 Å². The number of carbonyl (C=O) groups is 1. The second kappa shape index (κ2) is 8.45. The molecule has 0 atom stereocenters. The minimum absolute atomic E-state index is 0.104. The number of carbonyl (C=O) groups excluding carboxylic acids is 1. The summed E-state index contributed by atoms with van der Waals surface area (Å²) in [6, 6.07) is 0. The van der Waals surface area contributed by atoms with Gasteiger partial charge in [0.1, 0.15) is 0 Å². The average molecular weight is 256 g/mol. The number of hydrogen-bond acceptors (Lipinski definition) is 4. The number of nitrogens with zero attached hydrogens (tertiary/aromatic N) is 2. The Morgan fingerprint density at radius 3 is 2.56 bits per heavy atom. The molecule has 5 nitrogen and oxygen atoms in total. The van der Waals surface area contributed by atoms with Crippen molar-refractivity contribution in [1.82, 2.24) is 20.4 Å². The first kappa shape index (κ1) is 15.4. The minimum Gasteiger partial charge on any atom is -0.355 e. The Hall–Kier alpha value is -0.650. The van der Waals surface area contributed by atoms with Crippen molar-refractivity contribution in [2.45, 2.75) is 12.8 Å². The van der Waals surface area contributed by atoms with Gasteiger partial charge in [-0.05, 0) is 53.0 Å². The quantitative estimate of drug-likeness (QED) is 0.650. The molecule has 106 valence electrons. The SMILES string of the molecule is CNCC(=O)NCC1CCN(CCN(C)C)CC1. The summed E-state index contributed by atoms with van der Waals surface area (Å²) in [7, 11) is 6.02. The van der Waals surface area contributed by atoms with Crippen molar-refractivity contribution in [1.29, 1.82) is 0 Å². The Bertz CT molecular complexity index is 237. The summed E-state index contributed by atoms with van der Waals surface area (Å²) in [4.78, 5) is 16.1. The van der Waals surface area contributed by atoms with Crippen molar-refractivity contribution in [3.8, 4) is 0 Å². The van der Waals surface area contributed by atoms with E-state index in [0.29, 0.717) is 12.5 Å². The van der Waals surface area contributed by atoms with Crippen LogP contribution in [0.2, 0.25) is 0 Å². The van der Waals surface area contributed by atoms with Crippen LogP contribution >= 0.6 is 0 Å². The molecule has 0 aromatic carbocycles. The van der Waals surface area contributed by atoms with Crippen LogP contribution in [0.4, 0.5) is 0 Å². The zero-order valence-corrected chi connectivity index (χ0v) is 12.0. The first-order valence-electron chi connectivity index (χ1n) is 6.90. The molecule has 1 fully saturated rings. The van der Waals surface area contributed by atoms with Crippen LogP contribution < -0.4 is 10.6 Å². The van der Waals surface area contributed by atoms with Gasteiger partial charge in [-0.15, -0.1) is 0 Å². The molecule has 5 heteroatoms. The van der Waals surface area contributed by atoms with E-state index in [1.54, 1.807) is 7.05 Å². The van der Waals surface area contributed by atoms with E-state index in [9.17, 15) is 4.79 Å². The molecule has 1 heterocycles. The molecule has 0 bridgehead atoms. The van der Waals surface area contributed by atoms with Gasteiger partial charge in [-0.1, -0.05) is 0 Å². The summed E-state index contributed by atoms with van der Waals surface area (Å²) in [5.74, 6) is 0.758. The van der Waals surface area contributed by atoms with Gasteiger partial charge < -0.3 is 20.4 Å². The molecule has 1 rings (SSSR count). The number of rotatable bonds is 7. The lowest BCUT2D eigenvalue weighted by molar-refractivity contribution is -0.120. The number of likely N-dealkylation sites (tertiary alicyclic amines) is 1. The number of amides is 1. The van der Waals surface area contributed by atoms with Gasteiger partial charge >= 0.3 is 0 Å². The third kappa shape index (κ3) is 6.33. The topological polar surface area (TPSA) is 47.6 Å². The van der Waals surface area contributed by atoms with Crippen LogP contribution in [0.3, 0.4) is 0 Å². The second-order valence-electron chi connectivity index (χ2n) is 5.42. The van der Waals surface area contributed by atoms with Crippen LogP contribution in [0.15, 0.2) is 0 Å². The lowest BCUT2D eigenvalue weighted by atomic mass is 9.97. The molecule has 1 aliphatic rings. The minimum atomic E-state index is 0.104. The third-order valence-corrected chi connectivity index (χ3v) is 3.50. The van der Waals surface area contributed by atoms with Crippen LogP contribution in [0.5, 0.6) is 0 Å². The molecule has 2 N–H and O–H groups in total. The molecule has 1 amide bonds. The van der Waals surface area contributed by atoms with Crippen LogP contribution in [0.25, 0.3) is 0 Å². The fourth-order valence-electron chi connectivity index (χ4n) is 2.24. The maximum Gasteiger partial charge on any atom is 0.233 e. The van der Waals surface area contributed by atoms with E-state index in [4.69, 9.17) is 0 Å². The molecule has 1 aliphatic heterocycles. The van der Waals surface area contributed by atoms with E-state index in [-0.39, 0.29) is 5.91 Å². The summed E-state index contributed by atoms with van der Waals surface area (Å²) >= 11 is 0. The summed E-state index contributed by atoms with van der Waals surface area (Å²) in [5.41, 5.74) is 0. The molecule has 0 saturated carbocycles. The molecular formula is C13H28N4O. The molecule has 0 aromatic heterocycles. The fourth-order valence-corrected chi connectivity index (χ4v) is 2.24. The van der Waals surface area contributed by atoms with Crippen LogP contribution in [-0.2, 0) is 4.79 Å². The van der Waals surface area contributed by atoms with Crippen molar-refractivity contribution in [3.63, 3.8) is 0 Å². The van der Waals surface area contributed by atoms with Crippen molar-refractivity contribution in [2.24, 2.45) is 5.92 Å². The van der Waals surface area contributed by atoms with Crippen LogP contribution in [0.1, 0.15) is 12.8 Å². The van der Waals surface area contributed by atoms with E-state index in [1.165, 1.54) is 25.9 Å². The van der Waals surface area contributed by atoms with Gasteiger partial charge in [-0.25, -0.2) is 0 Å².